The van der Waals surface area contributed by atoms with E-state index in [9.17, 15) is 0 Å². The van der Waals surface area contributed by atoms with Crippen molar-refractivity contribution < 1.29 is 139 Å². The van der Waals surface area contributed by atoms with Gasteiger partial charge in [-0.2, -0.15) is 31.3 Å². The van der Waals surface area contributed by atoms with Gasteiger partial charge < -0.3 is 77.0 Å². The van der Waals surface area contributed by atoms with Gasteiger partial charge >= 0.3 is 79.7 Å². The standard InChI is InChI=1S/Al.Li.4H3O4P.2Ti/c;;4*1-5(2,3)4;;/h;;4*(H3,1,2,3,4);;/q+3;+1;;;;;2*+4/p-12. The first-order valence-electron chi connectivity index (χ1n) is 2.92. The molecule has 0 saturated carbocycles. The van der Waals surface area contributed by atoms with Crippen LogP contribution in [0.25, 0.3) is 0 Å². The molecule has 0 fully saturated rings. The molecule has 0 aliphatic heterocycles. The van der Waals surface area contributed by atoms with Crippen LogP contribution in [0.1, 0.15) is 0 Å². The second-order valence-corrected chi connectivity index (χ2v) is 5.37. The molecule has 24 heavy (non-hydrogen) atoms. The molecule has 0 aromatic carbocycles. The van der Waals surface area contributed by atoms with Crippen LogP contribution in [0.3, 0.4) is 0 Å². The van der Waals surface area contributed by atoms with E-state index in [1.165, 1.54) is 0 Å². The first kappa shape index (κ1) is 50.6. The predicted octanol–water partition coefficient (Wildman–Crippen LogP) is -14.7. The van der Waals surface area contributed by atoms with Gasteiger partial charge in [0.25, 0.3) is 0 Å². The molecule has 0 aromatic rings. The second kappa shape index (κ2) is 22.3. The molecule has 24 heteroatoms. The quantitative estimate of drug-likeness (QED) is 0.216. The molecule has 0 rings (SSSR count). The largest absolute Gasteiger partial charge is 4.00 e. The zero-order valence-electron chi connectivity index (χ0n) is 10.9. The van der Waals surface area contributed by atoms with Crippen molar-refractivity contribution in [1.29, 1.82) is 0 Å². The van der Waals surface area contributed by atoms with E-state index in [4.69, 9.17) is 77.0 Å². The van der Waals surface area contributed by atoms with Crippen LogP contribution in [0, 0.1) is 0 Å². The molecule has 0 aliphatic rings. The summed E-state index contributed by atoms with van der Waals surface area (Å²) >= 11 is 0. The first-order valence-corrected chi connectivity index (χ1v) is 8.76. The molecule has 0 saturated heterocycles. The molecule has 16 nitrogen and oxygen atoms in total. The van der Waals surface area contributed by atoms with E-state index < -0.39 is 31.3 Å². The van der Waals surface area contributed by atoms with Crippen molar-refractivity contribution in [3.63, 3.8) is 0 Å². The minimum atomic E-state index is -5.39. The van der Waals surface area contributed by atoms with Crippen molar-refractivity contribution in [3.8, 4) is 0 Å². The molecule has 0 aliphatic carbocycles. The average molecular weight is 510 g/mol. The van der Waals surface area contributed by atoms with Crippen molar-refractivity contribution in [2.75, 3.05) is 0 Å². The van der Waals surface area contributed by atoms with Crippen molar-refractivity contribution in [3.05, 3.63) is 0 Å². The summed E-state index contributed by atoms with van der Waals surface area (Å²) in [5.41, 5.74) is 0. The average Bonchev–Trinajstić information content (AvgIpc) is 1.62. The van der Waals surface area contributed by atoms with Gasteiger partial charge in [0.15, 0.2) is 0 Å². The molecule has 128 valence electrons. The molecule has 0 spiro atoms. The molecular weight excluding hydrogens is 510 g/mol. The molecule has 0 amide bonds. The zero-order chi connectivity index (χ0) is 18.0. The fraction of sp³-hybridized carbons (Fsp3) is 0. The summed E-state index contributed by atoms with van der Waals surface area (Å²) < 4.78 is 34.2. The maximum atomic E-state index is 8.55. The van der Waals surface area contributed by atoms with Crippen molar-refractivity contribution in [2.45, 2.75) is 0 Å². The van der Waals surface area contributed by atoms with Crippen LogP contribution in [0.4, 0.5) is 0 Å². The van der Waals surface area contributed by atoms with E-state index in [1.54, 1.807) is 0 Å². The first-order chi connectivity index (χ1) is 8.00. The third kappa shape index (κ3) is 1600. The van der Waals surface area contributed by atoms with Gasteiger partial charge in [-0.05, 0) is 0 Å². The summed E-state index contributed by atoms with van der Waals surface area (Å²) in [6, 6.07) is 0. The van der Waals surface area contributed by atoms with Crippen molar-refractivity contribution in [2.24, 2.45) is 0 Å². The number of hydrogen-bond acceptors (Lipinski definition) is 16. The van der Waals surface area contributed by atoms with Gasteiger partial charge in [0.05, 0.1) is 0 Å². The van der Waals surface area contributed by atoms with E-state index in [0.717, 1.165) is 0 Å². The fourth-order valence-corrected chi connectivity index (χ4v) is 0. The Balaban J connectivity index is -0.0000000225. The zero-order valence-corrected chi connectivity index (χ0v) is 18.8. The molecule has 0 atom stereocenters. The van der Waals surface area contributed by atoms with Crippen LogP contribution >= 0.6 is 31.3 Å². The van der Waals surface area contributed by atoms with E-state index >= 15 is 0 Å². The van der Waals surface area contributed by atoms with Crippen LogP contribution in [0.5, 0.6) is 0 Å². The summed E-state index contributed by atoms with van der Waals surface area (Å²) in [4.78, 5) is 103. The molecular formula is AlLiO16P4Ti2. The summed E-state index contributed by atoms with van der Waals surface area (Å²) in [6.07, 6.45) is 0. The monoisotopic (exact) mass is 510 g/mol. The minimum absolute atomic E-state index is 0. The fourth-order valence-electron chi connectivity index (χ4n) is 0. The van der Waals surface area contributed by atoms with Gasteiger partial charge in [-0.15, -0.1) is 0 Å². The van der Waals surface area contributed by atoms with Gasteiger partial charge in [-0.1, -0.05) is 0 Å². The van der Waals surface area contributed by atoms with E-state index in [0.29, 0.717) is 0 Å². The van der Waals surface area contributed by atoms with Crippen LogP contribution in [0.15, 0.2) is 0 Å². The van der Waals surface area contributed by atoms with E-state index in [-0.39, 0.29) is 79.7 Å². The molecule has 0 radical (unpaired) electrons. The maximum Gasteiger partial charge on any atom is 4.00 e. The molecule has 0 unspecified atom stereocenters. The normalized spacial score (nSPS) is 9.83. The van der Waals surface area contributed by atoms with Gasteiger partial charge in [0.1, 0.15) is 0 Å². The van der Waals surface area contributed by atoms with Crippen molar-refractivity contribution in [1.82, 2.24) is 0 Å². The Labute approximate surface area is 186 Å². The number of hydrogen-bond donors (Lipinski definition) is 0. The summed E-state index contributed by atoms with van der Waals surface area (Å²) in [7, 11) is -21.6. The summed E-state index contributed by atoms with van der Waals surface area (Å²) in [5.74, 6) is 0. The number of phosphoric acid groups is 4. The maximum absolute atomic E-state index is 8.55. The summed E-state index contributed by atoms with van der Waals surface area (Å²) in [6.45, 7) is 0. The second-order valence-electron chi connectivity index (χ2n) is 1.79. The third-order valence-electron chi connectivity index (χ3n) is 0. The molecule has 0 aromatic heterocycles. The summed E-state index contributed by atoms with van der Waals surface area (Å²) in [5, 5.41) is 0. The Bertz CT molecular complexity index is 301. The van der Waals surface area contributed by atoms with Crippen LogP contribution < -0.4 is 77.6 Å². The topological polar surface area (TPSA) is 345 Å². The van der Waals surface area contributed by atoms with Gasteiger partial charge in [0, 0.05) is 0 Å². The molecule has 0 heterocycles. The third-order valence-corrected chi connectivity index (χ3v) is 0. The smallest absolute Gasteiger partial charge is 0.822 e. The Morgan fingerprint density at radius 3 is 0.375 bits per heavy atom. The minimum Gasteiger partial charge on any atom is -0.822 e. The molecule has 0 bridgehead atoms. The van der Waals surface area contributed by atoms with Gasteiger partial charge in [0.2, 0.25) is 0 Å². The van der Waals surface area contributed by atoms with Crippen LogP contribution in [-0.2, 0) is 61.7 Å². The van der Waals surface area contributed by atoms with E-state index in [2.05, 4.69) is 0 Å². The Hall–Kier alpha value is 3.00. The predicted molar refractivity (Wildman–Crippen MR) is 36.2 cm³/mol. The SMILES string of the molecule is O=P([O-])([O-])[O-].O=P([O-])([O-])[O-].O=P([O-])([O-])[O-].O=P([O-])([O-])[O-].[Al+3].[Li+].[Ti+4].[Ti+4]. The Kier molecular flexibility index (Phi) is 47.0. The van der Waals surface area contributed by atoms with Crippen molar-refractivity contribution >= 4 is 48.7 Å². The number of rotatable bonds is 0. The van der Waals surface area contributed by atoms with Gasteiger partial charge in [-0.25, -0.2) is 0 Å². The van der Waals surface area contributed by atoms with Crippen LogP contribution in [-0.4, -0.2) is 17.4 Å². The van der Waals surface area contributed by atoms with E-state index in [1.807, 2.05) is 0 Å². The molecule has 0 N–H and O–H groups in total. The van der Waals surface area contributed by atoms with Crippen LogP contribution in [0.2, 0.25) is 0 Å². The Morgan fingerprint density at radius 1 is 0.375 bits per heavy atom. The van der Waals surface area contributed by atoms with Gasteiger partial charge in [-0.3, -0.25) is 0 Å². The Morgan fingerprint density at radius 2 is 0.375 bits per heavy atom.